The summed E-state index contributed by atoms with van der Waals surface area (Å²) >= 11 is 3.31. The van der Waals surface area contributed by atoms with Crippen molar-refractivity contribution in [1.82, 2.24) is 0 Å². The lowest BCUT2D eigenvalue weighted by atomic mass is 10.00. The van der Waals surface area contributed by atoms with E-state index in [1.54, 1.807) is 22.7 Å². The summed E-state index contributed by atoms with van der Waals surface area (Å²) in [5.41, 5.74) is 1.66. The van der Waals surface area contributed by atoms with Gasteiger partial charge in [0.1, 0.15) is 0 Å². The molecule has 0 unspecified atom stereocenters. The van der Waals surface area contributed by atoms with Crippen molar-refractivity contribution in [3.8, 4) is 0 Å². The van der Waals surface area contributed by atoms with Crippen LogP contribution >= 0.6 is 22.7 Å². The highest BCUT2D eigenvalue weighted by Crippen LogP contribution is 2.32. The van der Waals surface area contributed by atoms with Gasteiger partial charge in [-0.15, -0.1) is 22.7 Å². The number of hydrogen-bond donors (Lipinski definition) is 0. The second-order valence-corrected chi connectivity index (χ2v) is 8.77. The molecular formula is C20H20O2S2. The van der Waals surface area contributed by atoms with E-state index >= 15 is 0 Å². The molecule has 0 saturated heterocycles. The van der Waals surface area contributed by atoms with Crippen molar-refractivity contribution in [3.05, 3.63) is 56.1 Å². The molecule has 0 aliphatic heterocycles. The van der Waals surface area contributed by atoms with Crippen LogP contribution < -0.4 is 0 Å². The Morgan fingerprint density at radius 1 is 0.917 bits per heavy atom. The molecule has 0 aliphatic rings. The average molecular weight is 357 g/mol. The van der Waals surface area contributed by atoms with Gasteiger partial charge >= 0.3 is 0 Å². The molecule has 1 aromatic carbocycles. The molecule has 24 heavy (non-hydrogen) atoms. The third-order valence-corrected chi connectivity index (χ3v) is 6.25. The fourth-order valence-electron chi connectivity index (χ4n) is 3.09. The summed E-state index contributed by atoms with van der Waals surface area (Å²) < 4.78 is 1.15. The van der Waals surface area contributed by atoms with Gasteiger partial charge in [-0.1, -0.05) is 18.2 Å². The SMILES string of the molecule is Cc1cc(C(=O)CCCC(=O)c2c(C)sc3ccccc23)c(C)s1. The second-order valence-electron chi connectivity index (χ2n) is 6.06. The first-order valence-electron chi connectivity index (χ1n) is 8.09. The number of thiophene rings is 2. The van der Waals surface area contributed by atoms with E-state index in [1.807, 2.05) is 45.0 Å². The van der Waals surface area contributed by atoms with Gasteiger partial charge in [0, 0.05) is 48.7 Å². The highest BCUT2D eigenvalue weighted by molar-refractivity contribution is 7.19. The van der Waals surface area contributed by atoms with Crippen LogP contribution in [0.25, 0.3) is 10.1 Å². The summed E-state index contributed by atoms with van der Waals surface area (Å²) in [6, 6.07) is 9.98. The monoisotopic (exact) mass is 356 g/mol. The highest BCUT2D eigenvalue weighted by Gasteiger charge is 2.17. The predicted octanol–water partition coefficient (Wildman–Crippen LogP) is 6.12. The first kappa shape index (κ1) is 17.1. The average Bonchev–Trinajstić information content (AvgIpc) is 3.05. The minimum absolute atomic E-state index is 0.149. The van der Waals surface area contributed by atoms with Crippen LogP contribution in [0.15, 0.2) is 30.3 Å². The van der Waals surface area contributed by atoms with Gasteiger partial charge < -0.3 is 0 Å². The van der Waals surface area contributed by atoms with Gasteiger partial charge in [0.25, 0.3) is 0 Å². The van der Waals surface area contributed by atoms with Gasteiger partial charge in [0.05, 0.1) is 0 Å². The number of Topliss-reactive ketones (excluding diaryl/α,β-unsaturated/α-hetero) is 2. The Hall–Kier alpha value is -1.78. The number of fused-ring (bicyclic) bond motifs is 1. The molecule has 2 heterocycles. The lowest BCUT2D eigenvalue weighted by Gasteiger charge is -2.02. The first-order chi connectivity index (χ1) is 11.5. The van der Waals surface area contributed by atoms with Crippen LogP contribution in [0, 0.1) is 20.8 Å². The van der Waals surface area contributed by atoms with E-state index in [4.69, 9.17) is 0 Å². The molecule has 124 valence electrons. The van der Waals surface area contributed by atoms with E-state index in [0.717, 1.165) is 35.8 Å². The Balaban J connectivity index is 1.66. The first-order valence-corrected chi connectivity index (χ1v) is 9.72. The molecule has 0 fully saturated rings. The Morgan fingerprint density at radius 3 is 2.33 bits per heavy atom. The van der Waals surface area contributed by atoms with Crippen molar-refractivity contribution >= 4 is 44.3 Å². The number of carbonyl (C=O) groups excluding carboxylic acids is 2. The lowest BCUT2D eigenvalue weighted by Crippen LogP contribution is -2.04. The maximum atomic E-state index is 12.6. The van der Waals surface area contributed by atoms with Crippen molar-refractivity contribution in [3.63, 3.8) is 0 Å². The lowest BCUT2D eigenvalue weighted by molar-refractivity contribution is 0.0958. The molecule has 2 nitrogen and oxygen atoms in total. The molecule has 3 rings (SSSR count). The van der Waals surface area contributed by atoms with Crippen LogP contribution in [0.2, 0.25) is 0 Å². The Morgan fingerprint density at radius 2 is 1.62 bits per heavy atom. The van der Waals surface area contributed by atoms with Gasteiger partial charge in [-0.05, 0) is 39.3 Å². The largest absolute Gasteiger partial charge is 0.294 e. The normalized spacial score (nSPS) is 11.1. The second kappa shape index (κ2) is 6.99. The standard InChI is InChI=1S/C20H20O2S2/c1-12-11-16(13(2)23-12)17(21)8-6-9-18(22)20-14(3)24-19-10-5-4-7-15(19)20/h4-5,7,10-11H,6,8-9H2,1-3H3. The Labute approximate surface area is 150 Å². The fourth-order valence-corrected chi connectivity index (χ4v) is 5.12. The Kier molecular flexibility index (Phi) is 4.97. The minimum atomic E-state index is 0.149. The maximum absolute atomic E-state index is 12.6. The van der Waals surface area contributed by atoms with Crippen molar-refractivity contribution in [1.29, 1.82) is 0 Å². The molecular weight excluding hydrogens is 336 g/mol. The van der Waals surface area contributed by atoms with E-state index in [1.165, 1.54) is 0 Å². The molecule has 0 N–H and O–H groups in total. The number of carbonyl (C=O) groups is 2. The van der Waals surface area contributed by atoms with E-state index in [2.05, 4.69) is 6.07 Å². The van der Waals surface area contributed by atoms with Gasteiger partial charge in [-0.25, -0.2) is 0 Å². The Bertz CT molecular complexity index is 915. The molecule has 0 saturated carbocycles. The van der Waals surface area contributed by atoms with Crippen LogP contribution in [0.1, 0.15) is 54.6 Å². The molecule has 0 amide bonds. The van der Waals surface area contributed by atoms with E-state index in [9.17, 15) is 9.59 Å². The molecule has 0 bridgehead atoms. The van der Waals surface area contributed by atoms with Crippen molar-refractivity contribution in [2.75, 3.05) is 0 Å². The number of aryl methyl sites for hydroxylation is 3. The topological polar surface area (TPSA) is 34.1 Å². The highest BCUT2D eigenvalue weighted by atomic mass is 32.1. The summed E-state index contributed by atoms with van der Waals surface area (Å²) in [5.74, 6) is 0.299. The van der Waals surface area contributed by atoms with Crippen molar-refractivity contribution in [2.24, 2.45) is 0 Å². The summed E-state index contributed by atoms with van der Waals surface area (Å²) in [5, 5.41) is 1.04. The quantitative estimate of drug-likeness (QED) is 0.498. The zero-order chi connectivity index (χ0) is 17.3. The van der Waals surface area contributed by atoms with E-state index < -0.39 is 0 Å². The minimum Gasteiger partial charge on any atom is -0.294 e. The number of ketones is 2. The third-order valence-electron chi connectivity index (χ3n) is 4.20. The summed E-state index contributed by atoms with van der Waals surface area (Å²) in [4.78, 5) is 28.2. The summed E-state index contributed by atoms with van der Waals surface area (Å²) in [6.45, 7) is 6.00. The third kappa shape index (κ3) is 3.35. The van der Waals surface area contributed by atoms with Gasteiger partial charge in [-0.3, -0.25) is 9.59 Å². The number of hydrogen-bond acceptors (Lipinski definition) is 4. The molecule has 3 aromatic rings. The van der Waals surface area contributed by atoms with Crippen molar-refractivity contribution < 1.29 is 9.59 Å². The van der Waals surface area contributed by atoms with Crippen LogP contribution in [-0.2, 0) is 0 Å². The van der Waals surface area contributed by atoms with Gasteiger partial charge in [0.15, 0.2) is 11.6 Å². The number of rotatable bonds is 6. The molecule has 0 radical (unpaired) electrons. The van der Waals surface area contributed by atoms with Crippen molar-refractivity contribution in [2.45, 2.75) is 40.0 Å². The van der Waals surface area contributed by atoms with E-state index in [0.29, 0.717) is 19.3 Å². The molecule has 0 atom stereocenters. The zero-order valence-corrected chi connectivity index (χ0v) is 15.8. The molecule has 2 aromatic heterocycles. The predicted molar refractivity (Wildman–Crippen MR) is 103 cm³/mol. The van der Waals surface area contributed by atoms with Gasteiger partial charge in [0.2, 0.25) is 0 Å². The summed E-state index contributed by atoms with van der Waals surface area (Å²) in [7, 11) is 0. The number of benzene rings is 1. The molecule has 0 spiro atoms. The molecule has 4 heteroatoms. The fraction of sp³-hybridized carbons (Fsp3) is 0.300. The van der Waals surface area contributed by atoms with E-state index in [-0.39, 0.29) is 11.6 Å². The van der Waals surface area contributed by atoms with Crippen LogP contribution in [0.5, 0.6) is 0 Å². The van der Waals surface area contributed by atoms with Gasteiger partial charge in [-0.2, -0.15) is 0 Å². The van der Waals surface area contributed by atoms with Crippen LogP contribution in [-0.4, -0.2) is 11.6 Å². The summed E-state index contributed by atoms with van der Waals surface area (Å²) in [6.07, 6.45) is 1.47. The smallest absolute Gasteiger partial charge is 0.164 e. The van der Waals surface area contributed by atoms with Crippen LogP contribution in [0.3, 0.4) is 0 Å². The maximum Gasteiger partial charge on any atom is 0.164 e. The zero-order valence-electron chi connectivity index (χ0n) is 14.1. The van der Waals surface area contributed by atoms with Crippen LogP contribution in [0.4, 0.5) is 0 Å². The molecule has 0 aliphatic carbocycles.